The zero-order valence-corrected chi connectivity index (χ0v) is 13.2. The van der Waals surface area contributed by atoms with Crippen molar-refractivity contribution in [2.75, 3.05) is 34.0 Å². The van der Waals surface area contributed by atoms with Crippen LogP contribution in [0.15, 0.2) is 18.2 Å². The van der Waals surface area contributed by atoms with Crippen molar-refractivity contribution in [3.63, 3.8) is 0 Å². The summed E-state index contributed by atoms with van der Waals surface area (Å²) >= 11 is 0. The van der Waals surface area contributed by atoms with Gasteiger partial charge < -0.3 is 19.1 Å². The fourth-order valence-corrected chi connectivity index (χ4v) is 3.41. The number of carbonyl (C=O) groups is 1. The highest BCUT2D eigenvalue weighted by Crippen LogP contribution is 2.39. The van der Waals surface area contributed by atoms with Crippen molar-refractivity contribution < 1.29 is 19.0 Å². The number of likely N-dealkylation sites (tertiary alicyclic amines) is 1. The first-order chi connectivity index (χ1) is 10.7. The van der Waals surface area contributed by atoms with Gasteiger partial charge in [0.15, 0.2) is 0 Å². The number of nitrogens with zero attached hydrogens (tertiary/aromatic N) is 1. The van der Waals surface area contributed by atoms with Crippen LogP contribution in [0.5, 0.6) is 11.5 Å². The predicted octanol–water partition coefficient (Wildman–Crippen LogP) is 2.40. The lowest BCUT2D eigenvalue weighted by Crippen LogP contribution is -2.36. The largest absolute Gasteiger partial charge is 0.497 e. The van der Waals surface area contributed by atoms with Crippen molar-refractivity contribution in [1.82, 2.24) is 4.90 Å². The third kappa shape index (κ3) is 2.77. The average Bonchev–Trinajstić information content (AvgIpc) is 3.24. The topological polar surface area (TPSA) is 48.0 Å². The molecule has 2 atom stereocenters. The van der Waals surface area contributed by atoms with Gasteiger partial charge >= 0.3 is 0 Å². The van der Waals surface area contributed by atoms with Crippen molar-refractivity contribution in [3.8, 4) is 11.5 Å². The maximum Gasteiger partial charge on any atom is 0.228 e. The first-order valence-electron chi connectivity index (χ1n) is 7.84. The molecule has 0 bridgehead atoms. The number of hydrogen-bond acceptors (Lipinski definition) is 4. The molecular formula is C17H23NO4. The van der Waals surface area contributed by atoms with Crippen molar-refractivity contribution in [1.29, 1.82) is 0 Å². The van der Waals surface area contributed by atoms with Gasteiger partial charge in [-0.3, -0.25) is 4.79 Å². The van der Waals surface area contributed by atoms with Crippen LogP contribution in [0.1, 0.15) is 30.9 Å². The van der Waals surface area contributed by atoms with Gasteiger partial charge in [0.05, 0.1) is 32.8 Å². The maximum atomic E-state index is 12.7. The van der Waals surface area contributed by atoms with E-state index in [1.807, 2.05) is 23.1 Å². The first kappa shape index (κ1) is 15.2. The highest BCUT2D eigenvalue weighted by molar-refractivity contribution is 5.80. The molecular weight excluding hydrogens is 282 g/mol. The predicted molar refractivity (Wildman–Crippen MR) is 82.2 cm³/mol. The number of amides is 1. The van der Waals surface area contributed by atoms with Crippen LogP contribution >= 0.6 is 0 Å². The fraction of sp³-hybridized carbons (Fsp3) is 0.588. The molecule has 2 heterocycles. The molecule has 120 valence electrons. The molecule has 0 N–H and O–H groups in total. The quantitative estimate of drug-likeness (QED) is 0.857. The number of carbonyl (C=O) groups excluding carboxylic acids is 1. The van der Waals surface area contributed by atoms with Gasteiger partial charge in [-0.05, 0) is 31.4 Å². The SMILES string of the molecule is COc1ccc([C@@H]2CCCN2C(=O)[C@H]2CCOC2)c(OC)c1. The molecule has 1 amide bonds. The lowest BCUT2D eigenvalue weighted by molar-refractivity contribution is -0.136. The summed E-state index contributed by atoms with van der Waals surface area (Å²) in [5.74, 6) is 1.79. The second kappa shape index (κ2) is 6.57. The zero-order valence-electron chi connectivity index (χ0n) is 13.2. The summed E-state index contributed by atoms with van der Waals surface area (Å²) in [7, 11) is 3.30. The minimum absolute atomic E-state index is 0.0184. The minimum atomic E-state index is 0.0184. The van der Waals surface area contributed by atoms with E-state index in [9.17, 15) is 4.79 Å². The summed E-state index contributed by atoms with van der Waals surface area (Å²) in [5.41, 5.74) is 1.06. The van der Waals surface area contributed by atoms with Crippen molar-refractivity contribution in [2.45, 2.75) is 25.3 Å². The van der Waals surface area contributed by atoms with Crippen molar-refractivity contribution in [2.24, 2.45) is 5.92 Å². The molecule has 0 aliphatic carbocycles. The Kier molecular flexibility index (Phi) is 4.52. The normalized spacial score (nSPS) is 24.5. The van der Waals surface area contributed by atoms with E-state index in [0.29, 0.717) is 13.2 Å². The molecule has 1 aromatic rings. The molecule has 0 saturated carbocycles. The van der Waals surface area contributed by atoms with E-state index in [-0.39, 0.29) is 17.9 Å². The molecule has 0 spiro atoms. The lowest BCUT2D eigenvalue weighted by atomic mass is 10.0. The molecule has 2 aliphatic rings. The van der Waals surface area contributed by atoms with Crippen LogP contribution < -0.4 is 9.47 Å². The van der Waals surface area contributed by atoms with Crippen LogP contribution in [0.3, 0.4) is 0 Å². The summed E-state index contributed by atoms with van der Waals surface area (Å²) < 4.78 is 16.1. The number of benzene rings is 1. The molecule has 3 rings (SSSR count). The van der Waals surface area contributed by atoms with Crippen LogP contribution in [0.2, 0.25) is 0 Å². The lowest BCUT2D eigenvalue weighted by Gasteiger charge is -2.28. The summed E-state index contributed by atoms with van der Waals surface area (Å²) in [4.78, 5) is 14.7. The second-order valence-electron chi connectivity index (χ2n) is 5.86. The molecule has 0 radical (unpaired) electrons. The standard InChI is InChI=1S/C17H23NO4/c1-20-13-5-6-14(16(10-13)21-2)15-4-3-8-18(15)17(19)12-7-9-22-11-12/h5-6,10,12,15H,3-4,7-9,11H2,1-2H3/t12-,15-/m0/s1. The third-order valence-electron chi connectivity index (χ3n) is 4.61. The van der Waals surface area contributed by atoms with E-state index in [1.165, 1.54) is 0 Å². The second-order valence-corrected chi connectivity index (χ2v) is 5.86. The Morgan fingerprint density at radius 1 is 1.27 bits per heavy atom. The Hall–Kier alpha value is -1.75. The molecule has 5 nitrogen and oxygen atoms in total. The molecule has 2 fully saturated rings. The number of ether oxygens (including phenoxy) is 3. The summed E-state index contributed by atoms with van der Waals surface area (Å²) in [5, 5.41) is 0. The van der Waals surface area contributed by atoms with E-state index >= 15 is 0 Å². The smallest absolute Gasteiger partial charge is 0.228 e. The van der Waals surface area contributed by atoms with Gasteiger partial charge in [0.25, 0.3) is 0 Å². The van der Waals surface area contributed by atoms with Crippen LogP contribution in [-0.2, 0) is 9.53 Å². The van der Waals surface area contributed by atoms with Gasteiger partial charge in [-0.1, -0.05) is 0 Å². The molecule has 22 heavy (non-hydrogen) atoms. The highest BCUT2D eigenvalue weighted by atomic mass is 16.5. The average molecular weight is 305 g/mol. The van der Waals surface area contributed by atoms with Crippen LogP contribution in [0, 0.1) is 5.92 Å². The monoisotopic (exact) mass is 305 g/mol. The van der Waals surface area contributed by atoms with Gasteiger partial charge in [-0.25, -0.2) is 0 Å². The summed E-state index contributed by atoms with van der Waals surface area (Å²) in [6.07, 6.45) is 2.84. The highest BCUT2D eigenvalue weighted by Gasteiger charge is 2.36. The first-order valence-corrected chi connectivity index (χ1v) is 7.84. The third-order valence-corrected chi connectivity index (χ3v) is 4.61. The molecule has 2 aliphatic heterocycles. The molecule has 0 unspecified atom stereocenters. The summed E-state index contributed by atoms with van der Waals surface area (Å²) in [6, 6.07) is 5.92. The zero-order chi connectivity index (χ0) is 15.5. The Morgan fingerprint density at radius 2 is 2.14 bits per heavy atom. The van der Waals surface area contributed by atoms with Crippen LogP contribution in [0.25, 0.3) is 0 Å². The van der Waals surface area contributed by atoms with Crippen LogP contribution in [-0.4, -0.2) is 44.8 Å². The van der Waals surface area contributed by atoms with E-state index in [1.54, 1.807) is 14.2 Å². The van der Waals surface area contributed by atoms with Gasteiger partial charge in [-0.15, -0.1) is 0 Å². The van der Waals surface area contributed by atoms with Crippen molar-refractivity contribution >= 4 is 5.91 Å². The minimum Gasteiger partial charge on any atom is -0.497 e. The Bertz CT molecular complexity index is 539. The maximum absolute atomic E-state index is 12.7. The molecule has 0 aromatic heterocycles. The molecule has 2 saturated heterocycles. The van der Waals surface area contributed by atoms with E-state index in [2.05, 4.69) is 0 Å². The van der Waals surface area contributed by atoms with Crippen LogP contribution in [0.4, 0.5) is 0 Å². The number of hydrogen-bond donors (Lipinski definition) is 0. The van der Waals surface area contributed by atoms with E-state index in [0.717, 1.165) is 42.9 Å². The summed E-state index contributed by atoms with van der Waals surface area (Å²) in [6.45, 7) is 2.07. The Morgan fingerprint density at radius 3 is 2.82 bits per heavy atom. The number of rotatable bonds is 4. The fourth-order valence-electron chi connectivity index (χ4n) is 3.41. The molecule has 5 heteroatoms. The van der Waals surface area contributed by atoms with Gasteiger partial charge in [0, 0.05) is 24.8 Å². The molecule has 1 aromatic carbocycles. The number of methoxy groups -OCH3 is 2. The van der Waals surface area contributed by atoms with Gasteiger partial charge in [-0.2, -0.15) is 0 Å². The van der Waals surface area contributed by atoms with E-state index < -0.39 is 0 Å². The Labute approximate surface area is 131 Å². The van der Waals surface area contributed by atoms with Gasteiger partial charge in [0.1, 0.15) is 11.5 Å². The van der Waals surface area contributed by atoms with Gasteiger partial charge in [0.2, 0.25) is 5.91 Å². The van der Waals surface area contributed by atoms with E-state index in [4.69, 9.17) is 14.2 Å². The Balaban J connectivity index is 1.84. The van der Waals surface area contributed by atoms with Crippen molar-refractivity contribution in [3.05, 3.63) is 23.8 Å².